The minimum atomic E-state index is -1.09. The Hall–Kier alpha value is 0.170. The van der Waals surface area contributed by atoms with Crippen molar-refractivity contribution in [2.24, 2.45) is 10.8 Å². The molecular formula is C10H18O2S2. The fourth-order valence-electron chi connectivity index (χ4n) is 2.46. The van der Waals surface area contributed by atoms with Crippen molar-refractivity contribution in [1.82, 2.24) is 0 Å². The van der Waals surface area contributed by atoms with Gasteiger partial charge in [0.15, 0.2) is 0 Å². The van der Waals surface area contributed by atoms with E-state index >= 15 is 0 Å². The Morgan fingerprint density at radius 2 is 1.43 bits per heavy atom. The van der Waals surface area contributed by atoms with Crippen LogP contribution in [-0.2, 0) is 14.6 Å². The normalized spacial score (nSPS) is 27.3. The van der Waals surface area contributed by atoms with Crippen molar-refractivity contribution < 1.29 is 9.00 Å². The van der Waals surface area contributed by atoms with Crippen molar-refractivity contribution in [1.29, 1.82) is 0 Å². The first-order valence-electron chi connectivity index (χ1n) is 4.70. The predicted octanol–water partition coefficient (Wildman–Crippen LogP) is 2.75. The van der Waals surface area contributed by atoms with Crippen molar-refractivity contribution in [3.05, 3.63) is 0 Å². The molecule has 0 radical (unpaired) electrons. The van der Waals surface area contributed by atoms with Crippen molar-refractivity contribution in [2.45, 2.75) is 46.3 Å². The van der Waals surface area contributed by atoms with E-state index in [0.717, 1.165) is 10.8 Å². The molecule has 0 aromatic carbocycles. The van der Waals surface area contributed by atoms with Gasteiger partial charge in [-0.2, -0.15) is 0 Å². The molecule has 0 aromatic heterocycles. The second-order valence-corrected chi connectivity index (χ2v) is 8.81. The number of rotatable bonds is 0. The molecule has 1 rings (SSSR count). The van der Waals surface area contributed by atoms with Crippen molar-refractivity contribution in [3.8, 4) is 0 Å². The summed E-state index contributed by atoms with van der Waals surface area (Å²) in [6, 6.07) is 0. The predicted molar refractivity (Wildman–Crippen MR) is 62.4 cm³/mol. The molecule has 1 unspecified atom stereocenters. The summed E-state index contributed by atoms with van der Waals surface area (Å²) in [6.45, 7) is 12.0. The van der Waals surface area contributed by atoms with Crippen LogP contribution in [-0.4, -0.2) is 14.1 Å². The second-order valence-electron chi connectivity index (χ2n) is 5.79. The highest BCUT2D eigenvalue weighted by Crippen LogP contribution is 2.59. The molecule has 1 heterocycles. The zero-order valence-corrected chi connectivity index (χ0v) is 11.3. The van der Waals surface area contributed by atoms with Gasteiger partial charge in [-0.15, -0.1) is 0 Å². The first kappa shape index (κ1) is 12.2. The van der Waals surface area contributed by atoms with Gasteiger partial charge in [0.1, 0.15) is 14.6 Å². The Morgan fingerprint density at radius 1 is 1.07 bits per heavy atom. The largest absolute Gasteiger partial charge is 0.284 e. The second kappa shape index (κ2) is 3.08. The minimum Gasteiger partial charge on any atom is -0.284 e. The lowest BCUT2D eigenvalue weighted by Gasteiger charge is -2.54. The van der Waals surface area contributed by atoms with E-state index < -0.39 is 14.6 Å². The van der Waals surface area contributed by atoms with Gasteiger partial charge in [0.05, 0.1) is 0 Å². The molecule has 4 heteroatoms. The molecule has 2 nitrogen and oxygen atoms in total. The van der Waals surface area contributed by atoms with Crippen LogP contribution >= 0.6 is 10.8 Å². The molecular weight excluding hydrogens is 216 g/mol. The topological polar surface area (TPSA) is 34.1 Å². The average Bonchev–Trinajstić information content (AvgIpc) is 1.78. The summed E-state index contributed by atoms with van der Waals surface area (Å²) in [4.78, 5) is 11.8. The van der Waals surface area contributed by atoms with Crippen LogP contribution in [0.2, 0.25) is 0 Å². The highest BCUT2D eigenvalue weighted by Gasteiger charge is 2.67. The Labute approximate surface area is 92.1 Å². The first-order chi connectivity index (χ1) is 6.05. The number of hydrogen-bond donors (Lipinski definition) is 0. The molecule has 0 aromatic rings. The molecule has 1 fully saturated rings. The van der Waals surface area contributed by atoms with Crippen LogP contribution in [0.15, 0.2) is 0 Å². The maximum absolute atomic E-state index is 11.9. The number of carbonyl (C=O) groups is 1. The summed E-state index contributed by atoms with van der Waals surface area (Å²) < 4.78 is 11.2. The average molecular weight is 234 g/mol. The minimum absolute atomic E-state index is 0.0795. The van der Waals surface area contributed by atoms with E-state index in [1.54, 1.807) is 0 Å². The maximum Gasteiger partial charge on any atom is 0.222 e. The van der Waals surface area contributed by atoms with E-state index in [0.29, 0.717) is 0 Å². The van der Waals surface area contributed by atoms with E-state index in [1.807, 2.05) is 41.5 Å². The molecule has 0 bridgehead atoms. The summed E-state index contributed by atoms with van der Waals surface area (Å²) in [6.07, 6.45) is 0. The molecule has 0 N–H and O–H groups in total. The third kappa shape index (κ3) is 1.30. The van der Waals surface area contributed by atoms with E-state index in [4.69, 9.17) is 0 Å². The molecule has 0 amide bonds. The lowest BCUT2D eigenvalue weighted by atomic mass is 9.66. The van der Waals surface area contributed by atoms with E-state index in [9.17, 15) is 9.00 Å². The summed E-state index contributed by atoms with van der Waals surface area (Å²) in [5.41, 5.74) is -0.503. The SMILES string of the molecule is CC(C)(C)C1(C(C)(C)C)C(=O)SS1=O. The Balaban J connectivity index is 3.32. The van der Waals surface area contributed by atoms with Crippen LogP contribution in [0.5, 0.6) is 0 Å². The van der Waals surface area contributed by atoms with Gasteiger partial charge in [-0.3, -0.25) is 4.79 Å². The van der Waals surface area contributed by atoms with Gasteiger partial charge in [0.2, 0.25) is 5.12 Å². The van der Waals surface area contributed by atoms with Crippen LogP contribution in [0, 0.1) is 10.8 Å². The van der Waals surface area contributed by atoms with Gasteiger partial charge in [0.25, 0.3) is 0 Å². The van der Waals surface area contributed by atoms with Gasteiger partial charge in [-0.1, -0.05) is 41.5 Å². The van der Waals surface area contributed by atoms with Crippen molar-refractivity contribution >= 4 is 25.7 Å². The number of carbonyl (C=O) groups excluding carboxylic acids is 1. The highest BCUT2D eigenvalue weighted by atomic mass is 33.1. The summed E-state index contributed by atoms with van der Waals surface area (Å²) in [7, 11) is -0.113. The highest BCUT2D eigenvalue weighted by molar-refractivity contribution is 8.80. The summed E-state index contributed by atoms with van der Waals surface area (Å²) in [5, 5.41) is 0.0795. The van der Waals surface area contributed by atoms with Crippen LogP contribution < -0.4 is 0 Å². The zero-order chi connectivity index (χ0) is 11.4. The van der Waals surface area contributed by atoms with Crippen molar-refractivity contribution in [3.63, 3.8) is 0 Å². The van der Waals surface area contributed by atoms with Gasteiger partial charge >= 0.3 is 0 Å². The summed E-state index contributed by atoms with van der Waals surface area (Å²) >= 11 is 0. The Kier molecular flexibility index (Phi) is 2.69. The molecule has 0 saturated carbocycles. The van der Waals surface area contributed by atoms with Crippen LogP contribution in [0.25, 0.3) is 0 Å². The molecule has 1 atom stereocenters. The molecule has 14 heavy (non-hydrogen) atoms. The molecule has 0 spiro atoms. The fraction of sp³-hybridized carbons (Fsp3) is 0.900. The molecule has 0 aliphatic carbocycles. The maximum atomic E-state index is 11.9. The number of hydrogen-bond acceptors (Lipinski definition) is 3. The Morgan fingerprint density at radius 3 is 1.50 bits per heavy atom. The van der Waals surface area contributed by atoms with E-state index in [1.165, 1.54) is 0 Å². The molecule has 1 saturated heterocycles. The first-order valence-corrected chi connectivity index (χ1v) is 7.18. The molecule has 1 aliphatic heterocycles. The van der Waals surface area contributed by atoms with E-state index in [2.05, 4.69) is 0 Å². The van der Waals surface area contributed by atoms with Gasteiger partial charge in [-0.25, -0.2) is 4.21 Å². The quantitative estimate of drug-likeness (QED) is 0.604. The summed E-state index contributed by atoms with van der Waals surface area (Å²) in [5.74, 6) is 0. The standard InChI is InChI=1S/C10H18O2S2/c1-8(2,3)10(9(4,5)6)7(11)13-14(10)12/h1-6H3. The third-order valence-electron chi connectivity index (χ3n) is 2.80. The fourth-order valence-corrected chi connectivity index (χ4v) is 7.26. The van der Waals surface area contributed by atoms with Crippen molar-refractivity contribution in [2.75, 3.05) is 0 Å². The van der Waals surface area contributed by atoms with E-state index in [-0.39, 0.29) is 15.9 Å². The smallest absolute Gasteiger partial charge is 0.222 e. The molecule has 1 aliphatic rings. The monoisotopic (exact) mass is 234 g/mol. The molecule has 82 valence electrons. The lowest BCUT2D eigenvalue weighted by Crippen LogP contribution is -2.65. The zero-order valence-electron chi connectivity index (χ0n) is 9.63. The van der Waals surface area contributed by atoms with Crippen LogP contribution in [0.3, 0.4) is 0 Å². The lowest BCUT2D eigenvalue weighted by molar-refractivity contribution is -0.119. The van der Waals surface area contributed by atoms with Crippen LogP contribution in [0.1, 0.15) is 41.5 Å². The Bertz CT molecular complexity index is 264. The van der Waals surface area contributed by atoms with Gasteiger partial charge in [-0.05, 0) is 10.8 Å². The third-order valence-corrected chi connectivity index (χ3v) is 7.11. The van der Waals surface area contributed by atoms with Gasteiger partial charge < -0.3 is 0 Å². The van der Waals surface area contributed by atoms with Crippen LogP contribution in [0.4, 0.5) is 0 Å². The van der Waals surface area contributed by atoms with Gasteiger partial charge in [0, 0.05) is 10.8 Å².